The summed E-state index contributed by atoms with van der Waals surface area (Å²) in [6.07, 6.45) is 0. The van der Waals surface area contributed by atoms with Gasteiger partial charge in [0.25, 0.3) is 0 Å². The van der Waals surface area contributed by atoms with Crippen LogP contribution >= 0.6 is 0 Å². The fourth-order valence-corrected chi connectivity index (χ4v) is 2.45. The number of nitrogens with one attached hydrogen (secondary N) is 2. The van der Waals surface area contributed by atoms with E-state index in [0.29, 0.717) is 0 Å². The summed E-state index contributed by atoms with van der Waals surface area (Å²) in [6, 6.07) is 6.87. The zero-order chi connectivity index (χ0) is 13.6. The molecule has 0 fully saturated rings. The number of hydrogen-bond acceptors (Lipinski definition) is 3. The van der Waals surface area contributed by atoms with Gasteiger partial charge >= 0.3 is 0 Å². The molecule has 0 aliphatic carbocycles. The molecule has 4 nitrogen and oxygen atoms in total. The highest BCUT2D eigenvalue weighted by atomic mass is 32.2. The fourth-order valence-electron chi connectivity index (χ4n) is 1.36. The highest BCUT2D eigenvalue weighted by Gasteiger charge is 2.12. The van der Waals surface area contributed by atoms with E-state index in [1.165, 1.54) is 0 Å². The van der Waals surface area contributed by atoms with Gasteiger partial charge in [0.05, 0.1) is 4.90 Å². The number of hydrogen-bond donors (Lipinski definition) is 2. The van der Waals surface area contributed by atoms with Crippen molar-refractivity contribution in [1.82, 2.24) is 10.0 Å². The topological polar surface area (TPSA) is 58.2 Å². The predicted octanol–water partition coefficient (Wildman–Crippen LogP) is 1.65. The van der Waals surface area contributed by atoms with Crippen LogP contribution in [0.2, 0.25) is 0 Å². The van der Waals surface area contributed by atoms with Crippen LogP contribution in [0.15, 0.2) is 41.3 Å². The summed E-state index contributed by atoms with van der Waals surface area (Å²) in [7, 11) is -3.42. The minimum Gasteiger partial charge on any atom is -0.313 e. The lowest BCUT2D eigenvalue weighted by molar-refractivity contribution is 0.584. The lowest BCUT2D eigenvalue weighted by atomic mass is 10.2. The van der Waals surface area contributed by atoms with Crippen molar-refractivity contribution >= 4 is 10.0 Å². The molecule has 0 aliphatic rings. The molecule has 0 heterocycles. The zero-order valence-electron chi connectivity index (χ0n) is 10.9. The lowest BCUT2D eigenvalue weighted by Gasteiger charge is -2.07. The Morgan fingerprint density at radius 3 is 2.39 bits per heavy atom. The van der Waals surface area contributed by atoms with E-state index < -0.39 is 10.0 Å². The number of benzene rings is 1. The summed E-state index contributed by atoms with van der Waals surface area (Å²) in [4.78, 5) is 0.281. The Hall–Kier alpha value is -1.17. The van der Waals surface area contributed by atoms with Crippen LogP contribution in [0.25, 0.3) is 0 Å². The van der Waals surface area contributed by atoms with Crippen molar-refractivity contribution in [1.29, 1.82) is 0 Å². The largest absolute Gasteiger partial charge is 0.313 e. The van der Waals surface area contributed by atoms with Gasteiger partial charge in [0.1, 0.15) is 0 Å². The second-order valence-corrected chi connectivity index (χ2v) is 5.97. The molecule has 0 amide bonds. The normalized spacial score (nSPS) is 11.4. The molecule has 1 aromatic rings. The van der Waals surface area contributed by atoms with Crippen LogP contribution in [0.1, 0.15) is 19.4 Å². The first-order chi connectivity index (χ1) is 8.45. The van der Waals surface area contributed by atoms with Crippen LogP contribution < -0.4 is 10.0 Å². The maximum absolute atomic E-state index is 11.9. The summed E-state index contributed by atoms with van der Waals surface area (Å²) >= 11 is 0. The maximum Gasteiger partial charge on any atom is 0.240 e. The van der Waals surface area contributed by atoms with Crippen molar-refractivity contribution in [2.24, 2.45) is 0 Å². The third-order valence-corrected chi connectivity index (χ3v) is 3.79. The second-order valence-electron chi connectivity index (χ2n) is 4.21. The Morgan fingerprint density at radius 1 is 1.28 bits per heavy atom. The zero-order valence-corrected chi connectivity index (χ0v) is 11.7. The molecular formula is C13H20N2O2S. The average molecular weight is 268 g/mol. The van der Waals surface area contributed by atoms with Gasteiger partial charge in [0, 0.05) is 13.1 Å². The number of rotatable bonds is 7. The van der Waals surface area contributed by atoms with Crippen LogP contribution in [0.5, 0.6) is 0 Å². The van der Waals surface area contributed by atoms with Gasteiger partial charge in [0.2, 0.25) is 10.0 Å². The van der Waals surface area contributed by atoms with Crippen molar-refractivity contribution in [3.05, 3.63) is 42.0 Å². The van der Waals surface area contributed by atoms with Gasteiger partial charge in [0.15, 0.2) is 0 Å². The van der Waals surface area contributed by atoms with Gasteiger partial charge in [-0.2, -0.15) is 0 Å². The van der Waals surface area contributed by atoms with E-state index in [2.05, 4.69) is 16.6 Å². The quantitative estimate of drug-likeness (QED) is 0.739. The van der Waals surface area contributed by atoms with Crippen molar-refractivity contribution in [2.45, 2.75) is 25.3 Å². The highest BCUT2D eigenvalue weighted by molar-refractivity contribution is 7.89. The Labute approximate surface area is 109 Å². The first-order valence-electron chi connectivity index (χ1n) is 5.89. The Balaban J connectivity index is 2.74. The van der Waals surface area contributed by atoms with E-state index in [0.717, 1.165) is 24.2 Å². The van der Waals surface area contributed by atoms with E-state index in [1.54, 1.807) is 19.1 Å². The Kier molecular flexibility index (Phi) is 5.53. The smallest absolute Gasteiger partial charge is 0.240 e. The van der Waals surface area contributed by atoms with Crippen LogP contribution in [0.4, 0.5) is 0 Å². The first kappa shape index (κ1) is 14.9. The Morgan fingerprint density at radius 2 is 1.89 bits per heavy atom. The van der Waals surface area contributed by atoms with Crippen LogP contribution in [0, 0.1) is 0 Å². The molecule has 0 atom stereocenters. The molecule has 0 spiro atoms. The summed E-state index contributed by atoms with van der Waals surface area (Å²) in [5.74, 6) is 0. The molecule has 0 saturated carbocycles. The summed E-state index contributed by atoms with van der Waals surface area (Å²) in [5, 5.41) is 3.19. The Bertz CT molecular complexity index is 492. The van der Waals surface area contributed by atoms with E-state index in [4.69, 9.17) is 0 Å². The molecule has 100 valence electrons. The molecule has 0 radical (unpaired) electrons. The summed E-state index contributed by atoms with van der Waals surface area (Å²) in [6.45, 7) is 9.37. The fraction of sp³-hybridized carbons (Fsp3) is 0.385. The van der Waals surface area contributed by atoms with Gasteiger partial charge in [-0.05, 0) is 31.2 Å². The second kappa shape index (κ2) is 6.68. The molecule has 0 aliphatic heterocycles. The molecule has 5 heteroatoms. The average Bonchev–Trinajstić information content (AvgIpc) is 2.34. The molecule has 0 unspecified atom stereocenters. The minimum atomic E-state index is -3.42. The molecule has 18 heavy (non-hydrogen) atoms. The summed E-state index contributed by atoms with van der Waals surface area (Å²) in [5.41, 5.74) is 1.85. The van der Waals surface area contributed by atoms with Gasteiger partial charge in [-0.15, -0.1) is 0 Å². The van der Waals surface area contributed by atoms with E-state index in [9.17, 15) is 8.42 Å². The maximum atomic E-state index is 11.9. The van der Waals surface area contributed by atoms with Gasteiger partial charge in [-0.25, -0.2) is 13.1 Å². The van der Waals surface area contributed by atoms with Crippen molar-refractivity contribution in [3.63, 3.8) is 0 Å². The van der Waals surface area contributed by atoms with Gasteiger partial charge < -0.3 is 5.32 Å². The van der Waals surface area contributed by atoms with E-state index >= 15 is 0 Å². The monoisotopic (exact) mass is 268 g/mol. The van der Waals surface area contributed by atoms with Crippen molar-refractivity contribution in [3.8, 4) is 0 Å². The highest BCUT2D eigenvalue weighted by Crippen LogP contribution is 2.10. The lowest BCUT2D eigenvalue weighted by Crippen LogP contribution is -2.25. The SMILES string of the molecule is C=C(C)CNS(=O)(=O)c1ccc(CNCC)cc1. The molecule has 0 aromatic heterocycles. The summed E-state index contributed by atoms with van der Waals surface area (Å²) < 4.78 is 26.3. The van der Waals surface area contributed by atoms with E-state index in [1.807, 2.05) is 19.1 Å². The van der Waals surface area contributed by atoms with Gasteiger partial charge in [-0.3, -0.25) is 0 Å². The van der Waals surface area contributed by atoms with Crippen molar-refractivity contribution < 1.29 is 8.42 Å². The van der Waals surface area contributed by atoms with Crippen LogP contribution in [-0.4, -0.2) is 21.5 Å². The van der Waals surface area contributed by atoms with Crippen LogP contribution in [0.3, 0.4) is 0 Å². The number of sulfonamides is 1. The molecular weight excluding hydrogens is 248 g/mol. The first-order valence-corrected chi connectivity index (χ1v) is 7.37. The molecule has 1 aromatic carbocycles. The van der Waals surface area contributed by atoms with Gasteiger partial charge in [-0.1, -0.05) is 31.2 Å². The third-order valence-electron chi connectivity index (χ3n) is 2.38. The van der Waals surface area contributed by atoms with E-state index in [-0.39, 0.29) is 11.4 Å². The molecule has 1 rings (SSSR count). The predicted molar refractivity (Wildman–Crippen MR) is 73.8 cm³/mol. The minimum absolute atomic E-state index is 0.265. The van der Waals surface area contributed by atoms with Crippen LogP contribution in [-0.2, 0) is 16.6 Å². The molecule has 0 bridgehead atoms. The third kappa shape index (κ3) is 4.60. The standard InChI is InChI=1S/C13H20N2O2S/c1-4-14-10-12-5-7-13(8-6-12)18(16,17)15-9-11(2)3/h5-8,14-15H,2,4,9-10H2,1,3H3. The van der Waals surface area contributed by atoms with Crippen molar-refractivity contribution in [2.75, 3.05) is 13.1 Å². The molecule has 0 saturated heterocycles. The molecule has 2 N–H and O–H groups in total.